The van der Waals surface area contributed by atoms with Gasteiger partial charge >= 0.3 is 0 Å². The van der Waals surface area contributed by atoms with E-state index in [1.54, 1.807) is 200 Å². The van der Waals surface area contributed by atoms with Crippen molar-refractivity contribution >= 4 is 51.8 Å². The van der Waals surface area contributed by atoms with Crippen molar-refractivity contribution in [2.45, 2.75) is 0 Å². The molecule has 0 saturated heterocycles. The molecule has 0 spiro atoms. The predicted octanol–water partition coefficient (Wildman–Crippen LogP) is 12.8. The van der Waals surface area contributed by atoms with Crippen LogP contribution in [0.1, 0.15) is 95.5 Å². The van der Waals surface area contributed by atoms with Crippen molar-refractivity contribution in [1.82, 2.24) is 0 Å². The summed E-state index contributed by atoms with van der Waals surface area (Å²) in [5, 5.41) is 0. The normalized spacial score (nSPS) is 10.9. The number of hydrogen-bond donors (Lipinski definition) is 3. The van der Waals surface area contributed by atoms with Gasteiger partial charge in [0.2, 0.25) is 0 Å². The second kappa shape index (κ2) is 20.8. The summed E-state index contributed by atoms with van der Waals surface area (Å²) in [6.45, 7) is 0. The summed E-state index contributed by atoms with van der Waals surface area (Å²) in [6.07, 6.45) is 0. The Kier molecular flexibility index (Phi) is 13.4. The fraction of sp³-hybridized carbons (Fsp3) is 0. The van der Waals surface area contributed by atoms with Gasteiger partial charge in [0.15, 0.2) is 34.7 Å². The van der Waals surface area contributed by atoms with Gasteiger partial charge in [-0.05, 0) is 88.0 Å². The Morgan fingerprint density at radius 3 is 0.653 bits per heavy atom. The predicted molar refractivity (Wildman–Crippen MR) is 295 cm³/mol. The van der Waals surface area contributed by atoms with E-state index >= 15 is 0 Å². The molecule has 0 saturated carbocycles. The lowest BCUT2D eigenvalue weighted by atomic mass is 9.90. The summed E-state index contributed by atoms with van der Waals surface area (Å²) in [5.41, 5.74) is 28.0. The number of carbonyl (C=O) groups excluding carboxylic acids is 6. The fourth-order valence-corrected chi connectivity index (χ4v) is 9.00. The van der Waals surface area contributed by atoms with Crippen LogP contribution in [0.4, 0.5) is 17.1 Å². The van der Waals surface area contributed by atoms with Gasteiger partial charge in [-0.3, -0.25) is 28.8 Å². The summed E-state index contributed by atoms with van der Waals surface area (Å²) in [6, 6.07) is 67.3. The third kappa shape index (κ3) is 10.1. The quantitative estimate of drug-likeness (QED) is 0.0665. The molecule has 10 aromatic carbocycles. The lowest BCUT2D eigenvalue weighted by Crippen LogP contribution is -2.11. The van der Waals surface area contributed by atoms with Crippen molar-refractivity contribution in [3.8, 4) is 33.4 Å². The van der Waals surface area contributed by atoms with Gasteiger partial charge in [0.05, 0.1) is 0 Å². The molecule has 9 nitrogen and oxygen atoms in total. The van der Waals surface area contributed by atoms with Crippen molar-refractivity contribution in [3.05, 3.63) is 303 Å². The molecule has 75 heavy (non-hydrogen) atoms. The second-order valence-electron chi connectivity index (χ2n) is 18.0. The largest absolute Gasteiger partial charge is 0.398 e. The van der Waals surface area contributed by atoms with E-state index in [-0.39, 0.29) is 34.0 Å². The van der Waals surface area contributed by atoms with Gasteiger partial charge in [-0.25, -0.2) is 0 Å². The molecule has 0 atom stereocenters. The highest BCUT2D eigenvalue weighted by Gasteiger charge is 2.22. The van der Waals surface area contributed by atoms with Gasteiger partial charge in [0, 0.05) is 83.8 Å². The summed E-state index contributed by atoms with van der Waals surface area (Å²) in [7, 11) is 0. The van der Waals surface area contributed by atoms with Gasteiger partial charge in [-0.15, -0.1) is 0 Å². The van der Waals surface area contributed by atoms with Crippen molar-refractivity contribution in [2.24, 2.45) is 0 Å². The molecule has 9 heteroatoms. The third-order valence-electron chi connectivity index (χ3n) is 13.2. The smallest absolute Gasteiger partial charge is 0.195 e. The zero-order chi connectivity index (χ0) is 52.2. The zero-order valence-corrected chi connectivity index (χ0v) is 40.2. The highest BCUT2D eigenvalue weighted by molar-refractivity contribution is 6.18. The number of carbonyl (C=O) groups is 6. The average molecular weight is 976 g/mol. The lowest BCUT2D eigenvalue weighted by Gasteiger charge is -2.12. The first kappa shape index (κ1) is 48.3. The molecule has 0 fully saturated rings. The van der Waals surface area contributed by atoms with Crippen molar-refractivity contribution < 1.29 is 28.8 Å². The molecule has 10 rings (SSSR count). The number of rotatable bonds is 15. The molecule has 0 aliphatic carbocycles. The molecular weight excluding hydrogens is 931 g/mol. The van der Waals surface area contributed by atoms with E-state index in [0.717, 1.165) is 33.4 Å². The van der Waals surface area contributed by atoms with Gasteiger partial charge < -0.3 is 17.2 Å². The first-order chi connectivity index (χ1) is 36.4. The van der Waals surface area contributed by atoms with E-state index in [0.29, 0.717) is 67.1 Å². The Hall–Kier alpha value is -10.4. The summed E-state index contributed by atoms with van der Waals surface area (Å²) in [5.74, 6) is -1.93. The number of hydrogen-bond acceptors (Lipinski definition) is 9. The molecule has 0 radical (unpaired) electrons. The minimum absolute atomic E-state index is 0.114. The summed E-state index contributed by atoms with van der Waals surface area (Å²) in [4.78, 5) is 83.7. The lowest BCUT2D eigenvalue weighted by molar-refractivity contribution is 0.102. The Morgan fingerprint density at radius 1 is 0.200 bits per heavy atom. The van der Waals surface area contributed by atoms with Crippen LogP contribution >= 0.6 is 0 Å². The monoisotopic (exact) mass is 975 g/mol. The third-order valence-corrected chi connectivity index (χ3v) is 13.2. The molecule has 6 N–H and O–H groups in total. The van der Waals surface area contributed by atoms with E-state index in [1.165, 1.54) is 18.2 Å². The molecule has 10 aromatic rings. The first-order valence-corrected chi connectivity index (χ1v) is 24.0. The van der Waals surface area contributed by atoms with E-state index in [9.17, 15) is 28.8 Å². The standard InChI is InChI=1S/C66H45N3O6/c67-58-31-28-49(37-55(58)64(73)43-10-4-1-5-11-43)40-16-22-46(23-17-40)61(70)52-34-53(62(71)47-24-18-41(19-25-47)50-29-32-59(68)56(38-50)65(74)44-12-6-2-7-13-44)36-54(35-52)63(72)48-26-20-42(21-27-48)51-30-33-60(69)57(39-51)66(75)45-14-8-3-9-15-45/h1-39H,67-69H2. The minimum Gasteiger partial charge on any atom is -0.398 e. The van der Waals surface area contributed by atoms with Gasteiger partial charge in [0.1, 0.15) is 0 Å². The van der Waals surface area contributed by atoms with Crippen LogP contribution in [0.3, 0.4) is 0 Å². The Morgan fingerprint density at radius 2 is 0.413 bits per heavy atom. The van der Waals surface area contributed by atoms with Crippen LogP contribution in [0.15, 0.2) is 237 Å². The van der Waals surface area contributed by atoms with Crippen LogP contribution in [0.25, 0.3) is 33.4 Å². The van der Waals surface area contributed by atoms with Crippen molar-refractivity contribution in [1.29, 1.82) is 0 Å². The highest BCUT2D eigenvalue weighted by Crippen LogP contribution is 2.31. The van der Waals surface area contributed by atoms with E-state index in [1.807, 2.05) is 18.2 Å². The zero-order valence-electron chi connectivity index (χ0n) is 40.2. The van der Waals surface area contributed by atoms with Crippen LogP contribution in [0.2, 0.25) is 0 Å². The van der Waals surface area contributed by atoms with Crippen molar-refractivity contribution in [3.63, 3.8) is 0 Å². The summed E-state index contributed by atoms with van der Waals surface area (Å²) < 4.78 is 0. The SMILES string of the molecule is Nc1ccc(-c2ccc(C(=O)c3cc(C(=O)c4ccc(-c5ccc(N)c(C(=O)c6ccccc6)c5)cc4)cc(C(=O)c4ccc(-c5ccc(N)c(C(=O)c6ccccc6)c5)cc4)c3)cc2)cc1C(=O)c1ccccc1. The van der Waals surface area contributed by atoms with Crippen molar-refractivity contribution in [2.75, 3.05) is 17.2 Å². The van der Waals surface area contributed by atoms with Gasteiger partial charge in [-0.2, -0.15) is 0 Å². The molecular formula is C66H45N3O6. The van der Waals surface area contributed by atoms with Gasteiger partial charge in [-0.1, -0.05) is 182 Å². The van der Waals surface area contributed by atoms with E-state index in [4.69, 9.17) is 17.2 Å². The molecule has 0 bridgehead atoms. The Balaban J connectivity index is 0.963. The minimum atomic E-state index is -0.429. The van der Waals surface area contributed by atoms with Crippen LogP contribution in [-0.4, -0.2) is 34.7 Å². The maximum Gasteiger partial charge on any atom is 0.195 e. The first-order valence-electron chi connectivity index (χ1n) is 24.0. The van der Waals surface area contributed by atoms with E-state index < -0.39 is 17.3 Å². The van der Waals surface area contributed by atoms with Crippen LogP contribution < -0.4 is 17.2 Å². The molecule has 0 heterocycles. The topological polar surface area (TPSA) is 180 Å². The maximum atomic E-state index is 14.5. The van der Waals surface area contributed by atoms with Crippen LogP contribution in [0.5, 0.6) is 0 Å². The summed E-state index contributed by atoms with van der Waals surface area (Å²) >= 11 is 0. The molecule has 0 amide bonds. The molecule has 0 aromatic heterocycles. The molecule has 360 valence electrons. The Bertz CT molecular complexity index is 3450. The Labute approximate surface area is 432 Å². The second-order valence-corrected chi connectivity index (χ2v) is 18.0. The van der Waals surface area contributed by atoms with Crippen LogP contribution in [-0.2, 0) is 0 Å². The molecule has 0 aliphatic heterocycles. The number of nitrogen functional groups attached to an aromatic ring is 3. The number of benzene rings is 10. The molecule has 0 aliphatic rings. The maximum absolute atomic E-state index is 14.5. The average Bonchev–Trinajstić information content (AvgIpc) is 3.47. The van der Waals surface area contributed by atoms with E-state index in [2.05, 4.69) is 0 Å². The van der Waals surface area contributed by atoms with Crippen LogP contribution in [0, 0.1) is 0 Å². The van der Waals surface area contributed by atoms with Gasteiger partial charge in [0.25, 0.3) is 0 Å². The fourth-order valence-electron chi connectivity index (χ4n) is 9.00. The number of anilines is 3. The molecule has 0 unspecified atom stereocenters. The number of ketones is 6. The highest BCUT2D eigenvalue weighted by atomic mass is 16.1. The number of nitrogens with two attached hydrogens (primary N) is 3.